The molecular weight excluding hydrogens is 270 g/mol. The first-order valence-electron chi connectivity index (χ1n) is 7.38. The number of rotatable bonds is 2. The lowest BCUT2D eigenvalue weighted by molar-refractivity contribution is -0.0959. The molecule has 0 bridgehead atoms. The average molecular weight is 291 g/mol. The van der Waals surface area contributed by atoms with Gasteiger partial charge in [-0.25, -0.2) is 0 Å². The highest BCUT2D eigenvalue weighted by Gasteiger charge is 2.41. The summed E-state index contributed by atoms with van der Waals surface area (Å²) in [5, 5.41) is 0. The van der Waals surface area contributed by atoms with Gasteiger partial charge in [-0.3, -0.25) is 9.78 Å². The molecule has 108 valence electrons. The van der Waals surface area contributed by atoms with Crippen LogP contribution in [0.1, 0.15) is 41.7 Å². The van der Waals surface area contributed by atoms with Crippen LogP contribution in [0.25, 0.3) is 0 Å². The zero-order valence-corrected chi connectivity index (χ0v) is 12.7. The van der Waals surface area contributed by atoms with Crippen LogP contribution in [0.4, 0.5) is 0 Å². The molecule has 2 aliphatic heterocycles. The number of nitrogens with zero attached hydrogens (tertiary/aromatic N) is 1. The minimum atomic E-state index is -0.0278. The Bertz CT molecular complexity index is 491. The van der Waals surface area contributed by atoms with E-state index in [9.17, 15) is 4.79 Å². The first kappa shape index (κ1) is 14.1. The van der Waals surface area contributed by atoms with Crippen molar-refractivity contribution in [2.45, 2.75) is 38.2 Å². The predicted molar refractivity (Wildman–Crippen MR) is 81.3 cm³/mol. The molecule has 3 heterocycles. The Labute approximate surface area is 124 Å². The zero-order valence-electron chi connectivity index (χ0n) is 11.9. The molecule has 2 fully saturated rings. The van der Waals surface area contributed by atoms with E-state index in [0.29, 0.717) is 0 Å². The van der Waals surface area contributed by atoms with E-state index in [0.717, 1.165) is 55.1 Å². The minimum absolute atomic E-state index is 0.0278. The lowest BCUT2D eigenvalue weighted by Crippen LogP contribution is -2.44. The van der Waals surface area contributed by atoms with Gasteiger partial charge in [0.15, 0.2) is 5.78 Å². The molecule has 3 nitrogen and oxygen atoms in total. The van der Waals surface area contributed by atoms with Crippen LogP contribution < -0.4 is 0 Å². The SMILES string of the molecule is Cc1ncccc1C(=O)C1CCOC2(CCSCC2)C1. The highest BCUT2D eigenvalue weighted by atomic mass is 32.2. The van der Waals surface area contributed by atoms with Crippen LogP contribution in [0.3, 0.4) is 0 Å². The third kappa shape index (κ3) is 2.77. The number of ether oxygens (including phenoxy) is 1. The summed E-state index contributed by atoms with van der Waals surface area (Å²) in [7, 11) is 0. The molecule has 1 aromatic rings. The van der Waals surface area contributed by atoms with Gasteiger partial charge in [0.05, 0.1) is 5.60 Å². The summed E-state index contributed by atoms with van der Waals surface area (Å²) in [6.45, 7) is 2.64. The van der Waals surface area contributed by atoms with E-state index in [1.807, 2.05) is 30.8 Å². The Balaban J connectivity index is 1.77. The van der Waals surface area contributed by atoms with Crippen LogP contribution in [0.5, 0.6) is 0 Å². The summed E-state index contributed by atoms with van der Waals surface area (Å²) in [6, 6.07) is 3.76. The predicted octanol–water partition coefficient (Wildman–Crippen LogP) is 3.27. The van der Waals surface area contributed by atoms with Crippen molar-refractivity contribution in [2.24, 2.45) is 5.92 Å². The first-order valence-corrected chi connectivity index (χ1v) is 8.53. The number of pyridine rings is 1. The molecule has 4 heteroatoms. The van der Waals surface area contributed by atoms with E-state index in [4.69, 9.17) is 4.74 Å². The molecule has 0 aromatic carbocycles. The van der Waals surface area contributed by atoms with Crippen LogP contribution >= 0.6 is 11.8 Å². The summed E-state index contributed by atoms with van der Waals surface area (Å²) in [5.74, 6) is 2.69. The quantitative estimate of drug-likeness (QED) is 0.784. The largest absolute Gasteiger partial charge is 0.375 e. The maximum absolute atomic E-state index is 12.7. The Kier molecular flexibility index (Phi) is 4.13. The fraction of sp³-hybridized carbons (Fsp3) is 0.625. The van der Waals surface area contributed by atoms with Gasteiger partial charge < -0.3 is 4.74 Å². The topological polar surface area (TPSA) is 39.2 Å². The summed E-state index contributed by atoms with van der Waals surface area (Å²) < 4.78 is 6.07. The number of hydrogen-bond donors (Lipinski definition) is 0. The number of aryl methyl sites for hydroxylation is 1. The number of aromatic nitrogens is 1. The Morgan fingerprint density at radius 3 is 3.00 bits per heavy atom. The second-order valence-corrected chi connectivity index (χ2v) is 7.06. The molecule has 2 saturated heterocycles. The number of carbonyl (C=O) groups is 1. The van der Waals surface area contributed by atoms with Crippen molar-refractivity contribution in [1.29, 1.82) is 0 Å². The zero-order chi connectivity index (χ0) is 14.0. The van der Waals surface area contributed by atoms with Crippen LogP contribution in [-0.2, 0) is 4.74 Å². The normalized spacial score (nSPS) is 25.6. The molecule has 0 aliphatic carbocycles. The maximum atomic E-state index is 12.7. The van der Waals surface area contributed by atoms with Crippen molar-refractivity contribution < 1.29 is 9.53 Å². The van der Waals surface area contributed by atoms with E-state index < -0.39 is 0 Å². The Morgan fingerprint density at radius 2 is 2.25 bits per heavy atom. The van der Waals surface area contributed by atoms with Gasteiger partial charge in [0.1, 0.15) is 0 Å². The van der Waals surface area contributed by atoms with Gasteiger partial charge in [0.25, 0.3) is 0 Å². The fourth-order valence-corrected chi connectivity index (χ4v) is 4.54. The smallest absolute Gasteiger partial charge is 0.167 e. The minimum Gasteiger partial charge on any atom is -0.375 e. The van der Waals surface area contributed by atoms with E-state index in [1.165, 1.54) is 0 Å². The number of thioether (sulfide) groups is 1. The molecule has 0 radical (unpaired) electrons. The van der Waals surface area contributed by atoms with Gasteiger partial charge in [-0.15, -0.1) is 0 Å². The van der Waals surface area contributed by atoms with Crippen molar-refractivity contribution in [2.75, 3.05) is 18.1 Å². The van der Waals surface area contributed by atoms with Crippen LogP contribution in [0, 0.1) is 12.8 Å². The Hall–Kier alpha value is -0.870. The monoisotopic (exact) mass is 291 g/mol. The highest BCUT2D eigenvalue weighted by Crippen LogP contribution is 2.40. The molecule has 1 spiro atoms. The molecule has 1 atom stereocenters. The molecule has 0 saturated carbocycles. The average Bonchev–Trinajstić information content (AvgIpc) is 2.48. The van der Waals surface area contributed by atoms with Crippen molar-refractivity contribution in [3.05, 3.63) is 29.6 Å². The summed E-state index contributed by atoms with van der Waals surface area (Å²) in [5.41, 5.74) is 1.61. The molecule has 1 unspecified atom stereocenters. The van der Waals surface area contributed by atoms with Gasteiger partial charge in [0.2, 0.25) is 0 Å². The Morgan fingerprint density at radius 1 is 1.45 bits per heavy atom. The number of carbonyl (C=O) groups excluding carboxylic acids is 1. The molecular formula is C16H21NO2S. The maximum Gasteiger partial charge on any atom is 0.167 e. The molecule has 1 aromatic heterocycles. The molecule has 20 heavy (non-hydrogen) atoms. The second-order valence-electron chi connectivity index (χ2n) is 5.83. The van der Waals surface area contributed by atoms with Gasteiger partial charge >= 0.3 is 0 Å². The van der Waals surface area contributed by atoms with E-state index in [-0.39, 0.29) is 17.3 Å². The van der Waals surface area contributed by atoms with E-state index in [2.05, 4.69) is 4.98 Å². The standard InChI is InChI=1S/C16H21NO2S/c1-12-14(3-2-7-17-12)15(18)13-4-8-19-16(11-13)5-9-20-10-6-16/h2-3,7,13H,4-6,8-11H2,1H3. The lowest BCUT2D eigenvalue weighted by Gasteiger charge is -2.43. The van der Waals surface area contributed by atoms with Crippen molar-refractivity contribution in [3.63, 3.8) is 0 Å². The van der Waals surface area contributed by atoms with Gasteiger partial charge in [-0.05, 0) is 56.2 Å². The third-order valence-corrected chi connectivity index (χ3v) is 5.53. The molecule has 2 aliphatic rings. The lowest BCUT2D eigenvalue weighted by atomic mass is 9.78. The van der Waals surface area contributed by atoms with Gasteiger partial charge in [-0.2, -0.15) is 11.8 Å². The van der Waals surface area contributed by atoms with E-state index >= 15 is 0 Å². The molecule has 0 N–H and O–H groups in total. The first-order chi connectivity index (χ1) is 9.70. The van der Waals surface area contributed by atoms with Crippen LogP contribution in [-0.4, -0.2) is 34.5 Å². The fourth-order valence-electron chi connectivity index (χ4n) is 3.31. The van der Waals surface area contributed by atoms with Crippen molar-refractivity contribution >= 4 is 17.5 Å². The number of ketones is 1. The number of Topliss-reactive ketones (excluding diaryl/α,β-unsaturated/α-hetero) is 1. The van der Waals surface area contributed by atoms with Crippen molar-refractivity contribution in [1.82, 2.24) is 4.98 Å². The van der Waals surface area contributed by atoms with Crippen LogP contribution in [0.15, 0.2) is 18.3 Å². The van der Waals surface area contributed by atoms with Gasteiger partial charge in [-0.1, -0.05) is 0 Å². The van der Waals surface area contributed by atoms with E-state index in [1.54, 1.807) is 6.20 Å². The summed E-state index contributed by atoms with van der Waals surface area (Å²) >= 11 is 2.00. The molecule has 0 amide bonds. The second kappa shape index (κ2) is 5.86. The van der Waals surface area contributed by atoms with Crippen molar-refractivity contribution in [3.8, 4) is 0 Å². The highest BCUT2D eigenvalue weighted by molar-refractivity contribution is 7.99. The third-order valence-electron chi connectivity index (χ3n) is 4.54. The van der Waals surface area contributed by atoms with Gasteiger partial charge in [0, 0.05) is 30.0 Å². The number of hydrogen-bond acceptors (Lipinski definition) is 4. The summed E-state index contributed by atoms with van der Waals surface area (Å²) in [6.07, 6.45) is 5.67. The summed E-state index contributed by atoms with van der Waals surface area (Å²) in [4.78, 5) is 17.0. The molecule has 3 rings (SSSR count). The van der Waals surface area contributed by atoms with Crippen LogP contribution in [0.2, 0.25) is 0 Å².